The molecule has 1 saturated heterocycles. The van der Waals surface area contributed by atoms with Crippen molar-refractivity contribution in [1.82, 2.24) is 19.7 Å². The number of piperidine rings is 1. The average molecular weight is 497 g/mol. The van der Waals surface area contributed by atoms with E-state index >= 15 is 0 Å². The zero-order valence-electron chi connectivity index (χ0n) is 20.9. The lowest BCUT2D eigenvalue weighted by molar-refractivity contribution is -0.0303. The second-order valence-corrected chi connectivity index (χ2v) is 9.74. The SMILES string of the molecule is CCC1(C(O)c2ncn(C(c3ccccc3)(c3ccccc3)c3ccccc3)n2)CCN(C(=O)O)CC1. The highest BCUT2D eigenvalue weighted by Gasteiger charge is 2.44. The third kappa shape index (κ3) is 4.29. The van der Waals surface area contributed by atoms with Crippen LogP contribution in [-0.2, 0) is 5.54 Å². The van der Waals surface area contributed by atoms with Gasteiger partial charge in [0.05, 0.1) is 0 Å². The molecule has 1 aliphatic rings. The molecule has 190 valence electrons. The molecule has 7 nitrogen and oxygen atoms in total. The number of hydrogen-bond donors (Lipinski definition) is 2. The number of aromatic nitrogens is 3. The summed E-state index contributed by atoms with van der Waals surface area (Å²) in [6.45, 7) is 2.82. The van der Waals surface area contributed by atoms with Crippen molar-refractivity contribution >= 4 is 6.09 Å². The standard InChI is InChI=1S/C30H32N4O3/c1-2-29(18-20-33(21-19-29)28(36)37)26(35)27-31-22-34(32-27)30(23-12-6-3-7-13-23,24-14-8-4-9-15-24)25-16-10-5-11-17-25/h3-17,22,26,35H,2,18-21H2,1H3,(H,36,37). The van der Waals surface area contributed by atoms with Crippen LogP contribution in [0.2, 0.25) is 0 Å². The second-order valence-electron chi connectivity index (χ2n) is 9.74. The number of benzene rings is 3. The summed E-state index contributed by atoms with van der Waals surface area (Å²) in [4.78, 5) is 17.5. The number of aliphatic hydroxyl groups excluding tert-OH is 1. The van der Waals surface area contributed by atoms with Crippen LogP contribution in [0.25, 0.3) is 0 Å². The lowest BCUT2D eigenvalue weighted by Gasteiger charge is -2.42. The number of carboxylic acid groups (broad SMARTS) is 1. The molecule has 0 bridgehead atoms. The predicted octanol–water partition coefficient (Wildman–Crippen LogP) is 5.32. The van der Waals surface area contributed by atoms with Gasteiger partial charge in [-0.15, -0.1) is 0 Å². The fourth-order valence-corrected chi connectivity index (χ4v) is 5.74. The van der Waals surface area contributed by atoms with E-state index in [-0.39, 0.29) is 0 Å². The first-order chi connectivity index (χ1) is 18.0. The van der Waals surface area contributed by atoms with Gasteiger partial charge in [0.15, 0.2) is 5.82 Å². The van der Waals surface area contributed by atoms with Gasteiger partial charge >= 0.3 is 6.09 Å². The summed E-state index contributed by atoms with van der Waals surface area (Å²) in [6, 6.07) is 30.6. The number of rotatable bonds is 7. The van der Waals surface area contributed by atoms with E-state index in [9.17, 15) is 15.0 Å². The first kappa shape index (κ1) is 24.7. The first-order valence-corrected chi connectivity index (χ1v) is 12.8. The molecule has 1 unspecified atom stereocenters. The smallest absolute Gasteiger partial charge is 0.407 e. The van der Waals surface area contributed by atoms with E-state index in [4.69, 9.17) is 5.10 Å². The van der Waals surface area contributed by atoms with Gasteiger partial charge in [0.2, 0.25) is 0 Å². The van der Waals surface area contributed by atoms with Crippen LogP contribution >= 0.6 is 0 Å². The van der Waals surface area contributed by atoms with Crippen molar-refractivity contribution in [2.75, 3.05) is 13.1 Å². The molecule has 1 amide bonds. The molecule has 3 aromatic carbocycles. The summed E-state index contributed by atoms with van der Waals surface area (Å²) < 4.78 is 1.86. The minimum absolute atomic E-state index is 0.359. The van der Waals surface area contributed by atoms with Crippen molar-refractivity contribution in [2.45, 2.75) is 37.8 Å². The van der Waals surface area contributed by atoms with Gasteiger partial charge in [0.25, 0.3) is 0 Å². The topological polar surface area (TPSA) is 91.5 Å². The minimum Gasteiger partial charge on any atom is -0.465 e. The minimum atomic E-state index is -0.917. The summed E-state index contributed by atoms with van der Waals surface area (Å²) in [5, 5.41) is 26.0. The number of aliphatic hydroxyl groups is 1. The van der Waals surface area contributed by atoms with Gasteiger partial charge in [0.1, 0.15) is 18.0 Å². The molecular weight excluding hydrogens is 464 g/mol. The maximum absolute atomic E-state index is 11.6. The number of carbonyl (C=O) groups is 1. The fraction of sp³-hybridized carbons (Fsp3) is 0.300. The lowest BCUT2D eigenvalue weighted by atomic mass is 9.71. The highest BCUT2D eigenvalue weighted by atomic mass is 16.4. The number of nitrogens with zero attached hydrogens (tertiary/aromatic N) is 4. The molecule has 1 fully saturated rings. The molecule has 0 saturated carbocycles. The highest BCUT2D eigenvalue weighted by molar-refractivity contribution is 5.65. The first-order valence-electron chi connectivity index (χ1n) is 12.8. The zero-order valence-corrected chi connectivity index (χ0v) is 20.9. The van der Waals surface area contributed by atoms with Gasteiger partial charge in [-0.2, -0.15) is 5.10 Å². The molecule has 2 N–H and O–H groups in total. The van der Waals surface area contributed by atoms with Crippen LogP contribution in [-0.4, -0.2) is 49.1 Å². The Morgan fingerprint density at radius 3 is 1.76 bits per heavy atom. The Hall–Kier alpha value is -3.97. The van der Waals surface area contributed by atoms with Crippen LogP contribution in [0, 0.1) is 5.41 Å². The van der Waals surface area contributed by atoms with Crippen molar-refractivity contribution in [1.29, 1.82) is 0 Å². The quantitative estimate of drug-likeness (QED) is 0.338. The second kappa shape index (κ2) is 10.2. The predicted molar refractivity (Wildman–Crippen MR) is 141 cm³/mol. The Kier molecular flexibility index (Phi) is 6.80. The molecular formula is C30H32N4O3. The summed E-state index contributed by atoms with van der Waals surface area (Å²) in [6.07, 6.45) is 1.72. The summed E-state index contributed by atoms with van der Waals surface area (Å²) in [5.41, 5.74) is 1.79. The maximum atomic E-state index is 11.6. The van der Waals surface area contributed by atoms with Crippen LogP contribution in [0.3, 0.4) is 0 Å². The van der Waals surface area contributed by atoms with Crippen molar-refractivity contribution in [3.63, 3.8) is 0 Å². The van der Waals surface area contributed by atoms with E-state index in [1.165, 1.54) is 4.90 Å². The fourth-order valence-electron chi connectivity index (χ4n) is 5.74. The van der Waals surface area contributed by atoms with E-state index in [0.717, 1.165) is 16.7 Å². The molecule has 2 heterocycles. The van der Waals surface area contributed by atoms with E-state index in [0.29, 0.717) is 38.2 Å². The molecule has 0 spiro atoms. The van der Waals surface area contributed by atoms with Crippen molar-refractivity contribution < 1.29 is 15.0 Å². The van der Waals surface area contributed by atoms with Gasteiger partial charge in [0, 0.05) is 18.5 Å². The maximum Gasteiger partial charge on any atom is 0.407 e. The van der Waals surface area contributed by atoms with Crippen LogP contribution in [0.4, 0.5) is 4.79 Å². The molecule has 37 heavy (non-hydrogen) atoms. The van der Waals surface area contributed by atoms with Gasteiger partial charge in [-0.3, -0.25) is 0 Å². The van der Waals surface area contributed by atoms with E-state index in [1.54, 1.807) is 6.33 Å². The Balaban J connectivity index is 1.63. The molecule has 0 aliphatic carbocycles. The Labute approximate surface area is 217 Å². The van der Waals surface area contributed by atoms with E-state index in [1.807, 2.05) is 66.2 Å². The van der Waals surface area contributed by atoms with Crippen molar-refractivity contribution in [3.05, 3.63) is 120 Å². The van der Waals surface area contributed by atoms with E-state index in [2.05, 4.69) is 41.4 Å². The molecule has 7 heteroatoms. The summed E-state index contributed by atoms with van der Waals surface area (Å²) in [7, 11) is 0. The molecule has 1 aromatic heterocycles. The zero-order chi connectivity index (χ0) is 25.9. The van der Waals surface area contributed by atoms with Gasteiger partial charge in [-0.25, -0.2) is 14.5 Å². The molecule has 0 radical (unpaired) electrons. The Morgan fingerprint density at radius 1 is 0.892 bits per heavy atom. The summed E-state index contributed by atoms with van der Waals surface area (Å²) in [5.74, 6) is 0.359. The van der Waals surface area contributed by atoms with Crippen molar-refractivity contribution in [3.8, 4) is 0 Å². The monoisotopic (exact) mass is 496 g/mol. The van der Waals surface area contributed by atoms with Gasteiger partial charge in [-0.05, 0) is 36.0 Å². The summed E-state index contributed by atoms with van der Waals surface area (Å²) >= 11 is 0. The third-order valence-electron chi connectivity index (χ3n) is 7.99. The van der Waals surface area contributed by atoms with Crippen LogP contribution in [0.5, 0.6) is 0 Å². The van der Waals surface area contributed by atoms with Crippen LogP contribution < -0.4 is 0 Å². The van der Waals surface area contributed by atoms with Crippen LogP contribution in [0.1, 0.15) is 54.8 Å². The lowest BCUT2D eigenvalue weighted by Crippen LogP contribution is -2.45. The van der Waals surface area contributed by atoms with Gasteiger partial charge < -0.3 is 15.1 Å². The van der Waals surface area contributed by atoms with Crippen molar-refractivity contribution in [2.24, 2.45) is 5.41 Å². The highest BCUT2D eigenvalue weighted by Crippen LogP contribution is 2.46. The van der Waals surface area contributed by atoms with Gasteiger partial charge in [-0.1, -0.05) is 97.9 Å². The molecule has 4 aromatic rings. The molecule has 1 aliphatic heterocycles. The normalized spacial score (nSPS) is 16.3. The van der Waals surface area contributed by atoms with E-state index < -0.39 is 23.2 Å². The van der Waals surface area contributed by atoms with Crippen LogP contribution in [0.15, 0.2) is 97.3 Å². The number of hydrogen-bond acceptors (Lipinski definition) is 4. The number of likely N-dealkylation sites (tertiary alicyclic amines) is 1. The Morgan fingerprint density at radius 2 is 1.35 bits per heavy atom. The third-order valence-corrected chi connectivity index (χ3v) is 7.99. The average Bonchev–Trinajstić information content (AvgIpc) is 3.45. The number of amides is 1. The molecule has 5 rings (SSSR count). The molecule has 1 atom stereocenters. The Bertz CT molecular complexity index is 1220. The largest absolute Gasteiger partial charge is 0.465 e.